The van der Waals surface area contributed by atoms with Crippen molar-refractivity contribution in [2.75, 3.05) is 0 Å². The minimum absolute atomic E-state index is 2.27. The summed E-state index contributed by atoms with van der Waals surface area (Å²) in [7, 11) is 0. The maximum absolute atomic E-state index is 11.9. The highest BCUT2D eigenvalue weighted by atomic mass is 19.3. The molecule has 0 radical (unpaired) electrons. The van der Waals surface area contributed by atoms with E-state index in [9.17, 15) is 26.3 Å². The van der Waals surface area contributed by atoms with E-state index in [1.165, 1.54) is 0 Å². The van der Waals surface area contributed by atoms with Gasteiger partial charge >= 0.3 is 18.1 Å². The summed E-state index contributed by atoms with van der Waals surface area (Å²) in [5.74, 6) is -4.78. The van der Waals surface area contributed by atoms with Crippen LogP contribution < -0.4 is 0 Å². The second-order valence-corrected chi connectivity index (χ2v) is 2.14. The molecule has 1 aliphatic heterocycles. The molecule has 1 nitrogen and oxygen atoms in total. The summed E-state index contributed by atoms with van der Waals surface area (Å²) in [6, 6.07) is 0. The lowest BCUT2D eigenvalue weighted by Crippen LogP contribution is -2.35. The maximum atomic E-state index is 11.9. The first kappa shape index (κ1) is 8.63. The van der Waals surface area contributed by atoms with Gasteiger partial charge in [-0.3, -0.25) is 4.74 Å². The lowest BCUT2D eigenvalue weighted by atomic mass is 10.2. The fraction of sp³-hybridized carbons (Fsp3) is 1.00. The molecule has 0 bridgehead atoms. The molecule has 0 atom stereocenters. The average molecular weight is 180 g/mol. The molecule has 1 heterocycles. The predicted molar refractivity (Wildman–Crippen MR) is 20.5 cm³/mol. The molecule has 66 valence electrons. The van der Waals surface area contributed by atoms with Crippen LogP contribution in [-0.2, 0) is 4.74 Å². The molecule has 0 spiro atoms. The van der Waals surface area contributed by atoms with Crippen molar-refractivity contribution in [3.8, 4) is 0 Å². The Kier molecular flexibility index (Phi) is 1.43. The van der Waals surface area contributed by atoms with Gasteiger partial charge in [0.25, 0.3) is 0 Å². The predicted octanol–water partition coefficient (Wildman–Crippen LogP) is 2.23. The van der Waals surface area contributed by atoms with Crippen molar-refractivity contribution >= 4 is 0 Å². The highest BCUT2D eigenvalue weighted by molar-refractivity contribution is 4.87. The van der Waals surface area contributed by atoms with Gasteiger partial charge in [0.15, 0.2) is 0 Å². The molecule has 1 fully saturated rings. The van der Waals surface area contributed by atoms with Gasteiger partial charge in [-0.05, 0) is 0 Å². The van der Waals surface area contributed by atoms with Gasteiger partial charge in [-0.15, -0.1) is 0 Å². The van der Waals surface area contributed by atoms with E-state index in [2.05, 4.69) is 4.74 Å². The van der Waals surface area contributed by atoms with Gasteiger partial charge in [0.1, 0.15) is 6.42 Å². The number of ether oxygens (including phenoxy) is 1. The Labute approximate surface area is 56.9 Å². The van der Waals surface area contributed by atoms with Crippen LogP contribution in [0, 0.1) is 0 Å². The van der Waals surface area contributed by atoms with Gasteiger partial charge in [-0.2, -0.15) is 26.3 Å². The lowest BCUT2D eigenvalue weighted by Gasteiger charge is -2.14. The van der Waals surface area contributed by atoms with Crippen molar-refractivity contribution in [3.05, 3.63) is 0 Å². The molecule has 0 aromatic rings. The smallest absolute Gasteiger partial charge is 0.250 e. The van der Waals surface area contributed by atoms with Gasteiger partial charge in [0.05, 0.1) is 0 Å². The Bertz CT molecular complexity index is 157. The molecule has 7 heteroatoms. The zero-order valence-corrected chi connectivity index (χ0v) is 4.88. The van der Waals surface area contributed by atoms with E-state index < -0.39 is 24.6 Å². The maximum Gasteiger partial charge on any atom is 0.424 e. The van der Waals surface area contributed by atoms with Crippen molar-refractivity contribution < 1.29 is 31.1 Å². The van der Waals surface area contributed by atoms with Crippen LogP contribution in [-0.4, -0.2) is 18.1 Å². The van der Waals surface area contributed by atoms with Crippen LogP contribution in [0.3, 0.4) is 0 Å². The van der Waals surface area contributed by atoms with E-state index in [1.54, 1.807) is 0 Å². The Hall–Kier alpha value is -0.460. The molecule has 11 heavy (non-hydrogen) atoms. The second kappa shape index (κ2) is 1.82. The third kappa shape index (κ3) is 1.29. The number of halogens is 6. The molecule has 1 aliphatic rings. The molecule has 0 amide bonds. The molecular formula is C4H2F6O. The molecule has 1 rings (SSSR count). The van der Waals surface area contributed by atoms with Crippen LogP contribution in [0.5, 0.6) is 0 Å². The van der Waals surface area contributed by atoms with Crippen LogP contribution in [0.2, 0.25) is 0 Å². The summed E-state index contributed by atoms with van der Waals surface area (Å²) in [4.78, 5) is 0. The molecule has 0 aliphatic carbocycles. The number of rotatable bonds is 0. The Morgan fingerprint density at radius 1 is 0.909 bits per heavy atom. The minimum atomic E-state index is -5.06. The first-order valence-electron chi connectivity index (χ1n) is 2.50. The minimum Gasteiger partial charge on any atom is -0.250 e. The van der Waals surface area contributed by atoms with Gasteiger partial charge < -0.3 is 0 Å². The largest absolute Gasteiger partial charge is 0.424 e. The third-order valence-corrected chi connectivity index (χ3v) is 1.13. The zero-order valence-electron chi connectivity index (χ0n) is 4.88. The average Bonchev–Trinajstić information content (AvgIpc) is 1.66. The van der Waals surface area contributed by atoms with Gasteiger partial charge in [0.2, 0.25) is 0 Å². The van der Waals surface area contributed by atoms with Gasteiger partial charge in [-0.1, -0.05) is 0 Å². The van der Waals surface area contributed by atoms with Crippen molar-refractivity contribution in [1.29, 1.82) is 0 Å². The number of alkyl halides is 6. The van der Waals surface area contributed by atoms with Crippen LogP contribution >= 0.6 is 0 Å². The van der Waals surface area contributed by atoms with Gasteiger partial charge in [0, 0.05) is 0 Å². The summed E-state index contributed by atoms with van der Waals surface area (Å²) in [6.07, 6.45) is -11.8. The van der Waals surface area contributed by atoms with Crippen LogP contribution in [0.1, 0.15) is 6.42 Å². The van der Waals surface area contributed by atoms with E-state index in [0.717, 1.165) is 0 Å². The summed E-state index contributed by atoms with van der Waals surface area (Å²) < 4.78 is 73.3. The van der Waals surface area contributed by atoms with Crippen LogP contribution in [0.25, 0.3) is 0 Å². The number of hydrogen-bond donors (Lipinski definition) is 0. The molecule has 0 saturated carbocycles. The third-order valence-electron chi connectivity index (χ3n) is 1.13. The highest BCUT2D eigenvalue weighted by Gasteiger charge is 2.72. The molecule has 0 aromatic carbocycles. The standard InChI is InChI=1S/C4H2F6O/c5-2(6)1-3(7,8)11-4(2,9)10/h1H2. The first-order chi connectivity index (χ1) is 4.66. The molecule has 0 unspecified atom stereocenters. The summed E-state index contributed by atoms with van der Waals surface area (Å²) in [5.41, 5.74) is 0. The Morgan fingerprint density at radius 2 is 1.36 bits per heavy atom. The van der Waals surface area contributed by atoms with E-state index in [0.29, 0.717) is 0 Å². The molecule has 0 N–H and O–H groups in total. The van der Waals surface area contributed by atoms with Crippen LogP contribution in [0.4, 0.5) is 26.3 Å². The molecule has 0 aromatic heterocycles. The van der Waals surface area contributed by atoms with Crippen molar-refractivity contribution in [3.63, 3.8) is 0 Å². The van der Waals surface area contributed by atoms with Crippen molar-refractivity contribution in [2.45, 2.75) is 24.6 Å². The van der Waals surface area contributed by atoms with Crippen molar-refractivity contribution in [2.24, 2.45) is 0 Å². The first-order valence-corrected chi connectivity index (χ1v) is 2.50. The van der Waals surface area contributed by atoms with Crippen molar-refractivity contribution in [1.82, 2.24) is 0 Å². The van der Waals surface area contributed by atoms with E-state index in [1.807, 2.05) is 0 Å². The molecular weight excluding hydrogens is 178 g/mol. The van der Waals surface area contributed by atoms with E-state index >= 15 is 0 Å². The topological polar surface area (TPSA) is 9.23 Å². The zero-order chi connectivity index (χ0) is 8.91. The lowest BCUT2D eigenvalue weighted by molar-refractivity contribution is -0.360. The van der Waals surface area contributed by atoms with Crippen LogP contribution in [0.15, 0.2) is 0 Å². The number of hydrogen-bond acceptors (Lipinski definition) is 1. The highest BCUT2D eigenvalue weighted by Crippen LogP contribution is 2.51. The normalized spacial score (nSPS) is 32.2. The summed E-state index contributed by atoms with van der Waals surface area (Å²) >= 11 is 0. The Morgan fingerprint density at radius 3 is 1.45 bits per heavy atom. The quantitative estimate of drug-likeness (QED) is 0.519. The Balaban J connectivity index is 2.89. The van der Waals surface area contributed by atoms with Gasteiger partial charge in [-0.25, -0.2) is 0 Å². The fourth-order valence-corrected chi connectivity index (χ4v) is 0.660. The summed E-state index contributed by atoms with van der Waals surface area (Å²) in [6.45, 7) is 0. The van der Waals surface area contributed by atoms with E-state index in [4.69, 9.17) is 0 Å². The molecule has 1 saturated heterocycles. The van der Waals surface area contributed by atoms with E-state index in [-0.39, 0.29) is 0 Å². The summed E-state index contributed by atoms with van der Waals surface area (Å²) in [5, 5.41) is 0. The monoisotopic (exact) mass is 180 g/mol. The fourth-order valence-electron chi connectivity index (χ4n) is 0.660. The SMILES string of the molecule is FC1(F)CC(F)(F)C(F)(F)O1. The second-order valence-electron chi connectivity index (χ2n) is 2.14.